The number of hydrogen-bond acceptors (Lipinski definition) is 6. The number of nitro benzene ring substituents is 1. The molecule has 0 amide bonds. The van der Waals surface area contributed by atoms with Gasteiger partial charge in [0.15, 0.2) is 5.96 Å². The van der Waals surface area contributed by atoms with Crippen molar-refractivity contribution in [3.8, 4) is 0 Å². The van der Waals surface area contributed by atoms with Gasteiger partial charge in [0.2, 0.25) is 5.95 Å². The van der Waals surface area contributed by atoms with Gasteiger partial charge in [-0.05, 0) is 18.1 Å². The summed E-state index contributed by atoms with van der Waals surface area (Å²) in [5.74, 6) is 1.27. The van der Waals surface area contributed by atoms with E-state index in [4.69, 9.17) is 5.73 Å². The van der Waals surface area contributed by atoms with E-state index in [0.717, 1.165) is 37.7 Å². The fourth-order valence-electron chi connectivity index (χ4n) is 2.77. The Morgan fingerprint density at radius 1 is 1.15 bits per heavy atom. The number of nitro groups is 1. The topological polar surface area (TPSA) is 114 Å². The van der Waals surface area contributed by atoms with Crippen molar-refractivity contribution in [2.75, 3.05) is 37.6 Å². The van der Waals surface area contributed by atoms with Crippen molar-refractivity contribution >= 4 is 41.6 Å². The largest absolute Gasteiger partial charge is 0.370 e. The second-order valence-electron chi connectivity index (χ2n) is 5.94. The third-order valence-electron chi connectivity index (χ3n) is 4.26. The summed E-state index contributed by atoms with van der Waals surface area (Å²) in [4.78, 5) is 27.4. The quantitative estimate of drug-likeness (QED) is 0.226. The summed E-state index contributed by atoms with van der Waals surface area (Å²) < 4.78 is 0. The van der Waals surface area contributed by atoms with Gasteiger partial charge in [-0.15, -0.1) is 24.0 Å². The molecule has 3 rings (SSSR count). The molecular weight excluding hydrogens is 461 g/mol. The maximum absolute atomic E-state index is 10.7. The summed E-state index contributed by atoms with van der Waals surface area (Å²) in [7, 11) is 0. The van der Waals surface area contributed by atoms with Gasteiger partial charge in [0.1, 0.15) is 0 Å². The van der Waals surface area contributed by atoms with Gasteiger partial charge in [0, 0.05) is 57.3 Å². The number of benzene rings is 1. The van der Waals surface area contributed by atoms with Crippen LogP contribution >= 0.6 is 24.0 Å². The molecule has 10 heteroatoms. The van der Waals surface area contributed by atoms with E-state index in [1.165, 1.54) is 12.1 Å². The Bertz CT molecular complexity index is 763. The van der Waals surface area contributed by atoms with E-state index in [1.807, 2.05) is 0 Å². The third-order valence-corrected chi connectivity index (χ3v) is 4.26. The van der Waals surface area contributed by atoms with Gasteiger partial charge >= 0.3 is 0 Å². The summed E-state index contributed by atoms with van der Waals surface area (Å²) in [5, 5.41) is 10.7. The molecule has 2 aromatic rings. The number of anilines is 1. The lowest BCUT2D eigenvalue weighted by atomic mass is 10.1. The van der Waals surface area contributed by atoms with Gasteiger partial charge in [0.05, 0.1) is 4.92 Å². The van der Waals surface area contributed by atoms with E-state index in [9.17, 15) is 10.1 Å². The first-order chi connectivity index (χ1) is 12.6. The number of nitrogens with zero attached hydrogens (tertiary/aromatic N) is 6. The van der Waals surface area contributed by atoms with Crippen LogP contribution in [0.25, 0.3) is 0 Å². The molecule has 1 aromatic carbocycles. The van der Waals surface area contributed by atoms with Crippen molar-refractivity contribution in [1.29, 1.82) is 0 Å². The Balaban J connectivity index is 0.00000261. The minimum Gasteiger partial charge on any atom is -0.370 e. The lowest BCUT2D eigenvalue weighted by molar-refractivity contribution is -0.384. The molecule has 1 saturated heterocycles. The summed E-state index contributed by atoms with van der Waals surface area (Å²) in [5.41, 5.74) is 7.19. The fraction of sp³-hybridized carbons (Fsp3) is 0.353. The second kappa shape index (κ2) is 10.00. The number of non-ortho nitro benzene ring substituents is 1. The van der Waals surface area contributed by atoms with E-state index in [0.29, 0.717) is 18.9 Å². The van der Waals surface area contributed by atoms with Crippen LogP contribution in [0.15, 0.2) is 47.7 Å². The normalized spacial score (nSPS) is 14.6. The Kier molecular flexibility index (Phi) is 7.70. The molecule has 0 saturated carbocycles. The Morgan fingerprint density at radius 2 is 1.78 bits per heavy atom. The maximum atomic E-state index is 10.7. The van der Waals surface area contributed by atoms with Crippen LogP contribution in [0.3, 0.4) is 0 Å². The minimum absolute atomic E-state index is 0. The van der Waals surface area contributed by atoms with Crippen molar-refractivity contribution in [1.82, 2.24) is 14.9 Å². The van der Waals surface area contributed by atoms with Crippen molar-refractivity contribution in [2.24, 2.45) is 10.7 Å². The number of guanidine groups is 1. The van der Waals surface area contributed by atoms with Crippen molar-refractivity contribution in [3.05, 3.63) is 58.4 Å². The van der Waals surface area contributed by atoms with Crippen LogP contribution in [0.5, 0.6) is 0 Å². The third kappa shape index (κ3) is 5.74. The number of aromatic nitrogens is 2. The Labute approximate surface area is 174 Å². The highest BCUT2D eigenvalue weighted by Gasteiger charge is 2.19. The molecule has 2 heterocycles. The van der Waals surface area contributed by atoms with Crippen LogP contribution in [-0.4, -0.2) is 58.5 Å². The molecule has 1 aliphatic heterocycles. The van der Waals surface area contributed by atoms with Crippen LogP contribution in [0.2, 0.25) is 0 Å². The molecule has 27 heavy (non-hydrogen) atoms. The number of nitrogens with two attached hydrogens (primary N) is 1. The molecule has 9 nitrogen and oxygen atoms in total. The van der Waals surface area contributed by atoms with Crippen LogP contribution in [0.4, 0.5) is 11.6 Å². The average molecular weight is 483 g/mol. The summed E-state index contributed by atoms with van der Waals surface area (Å²) >= 11 is 0. The highest BCUT2D eigenvalue weighted by molar-refractivity contribution is 14.0. The molecule has 0 spiro atoms. The lowest BCUT2D eigenvalue weighted by Gasteiger charge is -2.35. The zero-order chi connectivity index (χ0) is 18.4. The molecule has 2 N–H and O–H groups in total. The van der Waals surface area contributed by atoms with Gasteiger partial charge in [-0.2, -0.15) is 0 Å². The fourth-order valence-corrected chi connectivity index (χ4v) is 2.77. The van der Waals surface area contributed by atoms with Crippen molar-refractivity contribution in [3.63, 3.8) is 0 Å². The first-order valence-electron chi connectivity index (χ1n) is 8.43. The molecule has 1 aliphatic rings. The second-order valence-corrected chi connectivity index (χ2v) is 5.94. The molecule has 0 radical (unpaired) electrons. The number of aliphatic imine (C=N–C) groups is 1. The van der Waals surface area contributed by atoms with Crippen LogP contribution in [0, 0.1) is 10.1 Å². The Morgan fingerprint density at radius 3 is 2.37 bits per heavy atom. The first kappa shape index (κ1) is 20.8. The van der Waals surface area contributed by atoms with Crippen molar-refractivity contribution in [2.45, 2.75) is 6.42 Å². The zero-order valence-corrected chi connectivity index (χ0v) is 17.1. The number of hydrogen-bond donors (Lipinski definition) is 1. The summed E-state index contributed by atoms with van der Waals surface area (Å²) in [6.07, 6.45) is 4.17. The molecule has 0 unspecified atom stereocenters. The van der Waals surface area contributed by atoms with Gasteiger partial charge < -0.3 is 15.5 Å². The molecule has 144 valence electrons. The average Bonchev–Trinajstić information content (AvgIpc) is 2.69. The molecule has 0 aliphatic carbocycles. The van der Waals surface area contributed by atoms with E-state index < -0.39 is 4.92 Å². The molecular formula is C17H22IN7O2. The zero-order valence-electron chi connectivity index (χ0n) is 14.8. The van der Waals surface area contributed by atoms with Gasteiger partial charge in [-0.25, -0.2) is 9.97 Å². The van der Waals surface area contributed by atoms with Crippen LogP contribution < -0.4 is 10.6 Å². The molecule has 0 bridgehead atoms. The standard InChI is InChI=1S/C17H21N7O2.HI/c18-16(19-9-6-14-2-4-15(5-3-14)24(25)26)22-10-12-23(13-11-22)17-20-7-1-8-21-17;/h1-5,7-8H,6,9-13H2,(H2,18,19);1H. The number of rotatable bonds is 5. The minimum atomic E-state index is -0.403. The van der Waals surface area contributed by atoms with Crippen LogP contribution in [0.1, 0.15) is 5.56 Å². The lowest BCUT2D eigenvalue weighted by Crippen LogP contribution is -2.51. The van der Waals surface area contributed by atoms with Crippen LogP contribution in [-0.2, 0) is 6.42 Å². The highest BCUT2D eigenvalue weighted by Crippen LogP contribution is 2.12. The van der Waals surface area contributed by atoms with Gasteiger partial charge in [-0.3, -0.25) is 15.1 Å². The number of halogens is 1. The van der Waals surface area contributed by atoms with E-state index >= 15 is 0 Å². The van der Waals surface area contributed by atoms with Crippen molar-refractivity contribution < 1.29 is 4.92 Å². The van der Waals surface area contributed by atoms with E-state index in [2.05, 4.69) is 24.8 Å². The molecule has 1 aromatic heterocycles. The molecule has 1 fully saturated rings. The maximum Gasteiger partial charge on any atom is 0.269 e. The number of piperazine rings is 1. The SMILES string of the molecule is I.NC(=NCCc1ccc([N+](=O)[O-])cc1)N1CCN(c2ncccn2)CC1. The monoisotopic (exact) mass is 483 g/mol. The van der Waals surface area contributed by atoms with E-state index in [-0.39, 0.29) is 29.7 Å². The van der Waals surface area contributed by atoms with E-state index in [1.54, 1.807) is 30.6 Å². The summed E-state index contributed by atoms with van der Waals surface area (Å²) in [6.45, 7) is 3.67. The summed E-state index contributed by atoms with van der Waals surface area (Å²) in [6, 6.07) is 8.32. The molecule has 0 atom stereocenters. The highest BCUT2D eigenvalue weighted by atomic mass is 127. The predicted octanol–water partition coefficient (Wildman–Crippen LogP) is 1.68. The van der Waals surface area contributed by atoms with Gasteiger partial charge in [0.25, 0.3) is 5.69 Å². The van der Waals surface area contributed by atoms with Gasteiger partial charge in [-0.1, -0.05) is 12.1 Å². The predicted molar refractivity (Wildman–Crippen MR) is 115 cm³/mol. The Hall–Kier alpha value is -2.50. The smallest absolute Gasteiger partial charge is 0.269 e. The first-order valence-corrected chi connectivity index (χ1v) is 8.43.